The first-order chi connectivity index (χ1) is 21.1. The van der Waals surface area contributed by atoms with Gasteiger partial charge in [-0.05, 0) is 50.4 Å². The standard InChI is InChI=1S/C26H20N4.2C5H8O2.2Pd/c1-5-13-21(14-6-1)27-25(28-22-15-7-2-8-16-22)26(29-23-17-9-3-10-18-23)30-24-19-11-4-12-20-24;2*1-4(6)3-5(2)7;;/h1-20H;2*3,6H,1-2H3;;/q-2;;;;/b;2*4-3-;;. The van der Waals surface area contributed by atoms with Gasteiger partial charge in [0.1, 0.15) is 0 Å². The number of aliphatic imine (C=N–C) groups is 2. The summed E-state index contributed by atoms with van der Waals surface area (Å²) in [5, 5.41) is 26.3. The van der Waals surface area contributed by atoms with Crippen LogP contribution in [0.1, 0.15) is 27.7 Å². The van der Waals surface area contributed by atoms with E-state index in [1.54, 1.807) is 0 Å². The summed E-state index contributed by atoms with van der Waals surface area (Å²) < 4.78 is 0. The van der Waals surface area contributed by atoms with Crippen molar-refractivity contribution in [2.75, 3.05) is 0 Å². The molecule has 0 aliphatic rings. The van der Waals surface area contributed by atoms with Crippen LogP contribution in [0, 0.1) is 0 Å². The van der Waals surface area contributed by atoms with Crippen molar-refractivity contribution in [2.24, 2.45) is 9.98 Å². The molecule has 46 heavy (non-hydrogen) atoms. The van der Waals surface area contributed by atoms with E-state index < -0.39 is 0 Å². The predicted molar refractivity (Wildman–Crippen MR) is 180 cm³/mol. The van der Waals surface area contributed by atoms with Gasteiger partial charge in [-0.15, -0.1) is 0 Å². The second kappa shape index (κ2) is 23.9. The fraction of sp³-hybridized carbons (Fsp3) is 0.111. The van der Waals surface area contributed by atoms with Crippen molar-refractivity contribution in [1.82, 2.24) is 0 Å². The molecule has 0 amide bonds. The van der Waals surface area contributed by atoms with E-state index in [1.165, 1.54) is 39.8 Å². The first-order valence-corrected chi connectivity index (χ1v) is 13.7. The number of aliphatic hydroxyl groups is 2. The van der Waals surface area contributed by atoms with Gasteiger partial charge in [-0.2, -0.15) is 0 Å². The number of allylic oxidation sites excluding steroid dienone is 4. The van der Waals surface area contributed by atoms with Crippen LogP contribution in [0.4, 0.5) is 22.7 Å². The number of carbonyl (C=O) groups excluding carboxylic acids is 2. The van der Waals surface area contributed by atoms with Crippen LogP contribution in [0.2, 0.25) is 0 Å². The molecule has 0 saturated heterocycles. The number of ketones is 2. The maximum Gasteiger partial charge on any atom is 0.155 e. The van der Waals surface area contributed by atoms with Crippen molar-refractivity contribution < 1.29 is 60.6 Å². The number of hydrogen-bond donors (Lipinski definition) is 2. The average Bonchev–Trinajstić information content (AvgIpc) is 2.98. The molecule has 0 atom stereocenters. The summed E-state index contributed by atoms with van der Waals surface area (Å²) in [5.41, 5.74) is 3.15. The summed E-state index contributed by atoms with van der Waals surface area (Å²) >= 11 is 0. The van der Waals surface area contributed by atoms with Gasteiger partial charge >= 0.3 is 0 Å². The Bertz CT molecular complexity index is 1450. The monoisotopic (exact) mass is 800 g/mol. The van der Waals surface area contributed by atoms with E-state index in [4.69, 9.17) is 30.8 Å². The molecule has 0 spiro atoms. The summed E-state index contributed by atoms with van der Waals surface area (Å²) in [6.45, 7) is 5.70. The van der Waals surface area contributed by atoms with Crippen LogP contribution in [-0.4, -0.2) is 33.5 Å². The largest absolute Gasteiger partial charge is 0.512 e. The number of carbonyl (C=O) groups is 2. The van der Waals surface area contributed by atoms with Crippen LogP contribution in [-0.2, 0) is 50.4 Å². The van der Waals surface area contributed by atoms with Crippen molar-refractivity contribution in [3.63, 3.8) is 0 Å². The van der Waals surface area contributed by atoms with E-state index >= 15 is 0 Å². The van der Waals surface area contributed by atoms with Crippen LogP contribution in [0.3, 0.4) is 0 Å². The van der Waals surface area contributed by atoms with Gasteiger partial charge in [0.05, 0.1) is 11.5 Å². The minimum atomic E-state index is -0.125. The zero-order chi connectivity index (χ0) is 32.2. The average molecular weight is 802 g/mol. The molecule has 2 N–H and O–H groups in total. The van der Waals surface area contributed by atoms with Gasteiger partial charge in [0.15, 0.2) is 11.6 Å². The Morgan fingerprint density at radius 3 is 0.978 bits per heavy atom. The topological polar surface area (TPSA) is 128 Å². The molecule has 4 aromatic carbocycles. The third-order valence-electron chi connectivity index (χ3n) is 4.99. The second-order valence-electron chi connectivity index (χ2n) is 9.23. The predicted octanol–water partition coefficient (Wildman–Crippen LogP) is 9.93. The summed E-state index contributed by atoms with van der Waals surface area (Å²) in [4.78, 5) is 29.6. The molecule has 0 aromatic heterocycles. The number of para-hydroxylation sites is 4. The number of hydrogen-bond acceptors (Lipinski definition) is 6. The molecule has 0 saturated carbocycles. The van der Waals surface area contributed by atoms with Gasteiger partial charge in [0.25, 0.3) is 0 Å². The van der Waals surface area contributed by atoms with Crippen molar-refractivity contribution in [3.8, 4) is 0 Å². The fourth-order valence-corrected chi connectivity index (χ4v) is 3.34. The number of amidine groups is 2. The smallest absolute Gasteiger partial charge is 0.155 e. The third-order valence-corrected chi connectivity index (χ3v) is 4.99. The Hall–Kier alpha value is -4.44. The number of aliphatic hydroxyl groups excluding tert-OH is 2. The Morgan fingerprint density at radius 2 is 0.761 bits per heavy atom. The zero-order valence-corrected chi connectivity index (χ0v) is 28.9. The third kappa shape index (κ3) is 19.1. The Balaban J connectivity index is 0.00000107. The Kier molecular flexibility index (Phi) is 21.6. The first kappa shape index (κ1) is 41.6. The molecular weight excluding hydrogens is 765 g/mol. The maximum atomic E-state index is 10.0. The van der Waals surface area contributed by atoms with Crippen LogP contribution in [0.15, 0.2) is 155 Å². The first-order valence-electron chi connectivity index (χ1n) is 13.7. The molecule has 0 heterocycles. The number of benzene rings is 4. The van der Waals surface area contributed by atoms with Crippen LogP contribution in [0.5, 0.6) is 0 Å². The maximum absolute atomic E-state index is 10.0. The Morgan fingerprint density at radius 1 is 0.500 bits per heavy atom. The molecule has 0 radical (unpaired) electrons. The molecule has 0 bridgehead atoms. The SMILES string of the molecule is CC(=O)/C=C(/C)O.CC(=O)/C=C(/C)O.[Pd].[Pd].c1ccc(N=C([N-]c2ccccc2)C(=Nc2ccccc2)[N-]c2ccccc2)cc1. The van der Waals surface area contributed by atoms with Gasteiger partial charge in [-0.3, -0.25) is 9.59 Å². The molecule has 4 aromatic rings. The molecule has 246 valence electrons. The molecule has 0 fully saturated rings. The van der Waals surface area contributed by atoms with E-state index in [9.17, 15) is 9.59 Å². The molecule has 10 heteroatoms. The van der Waals surface area contributed by atoms with Crippen molar-refractivity contribution in [2.45, 2.75) is 27.7 Å². The summed E-state index contributed by atoms with van der Waals surface area (Å²) in [6, 6.07) is 38.9. The zero-order valence-electron chi connectivity index (χ0n) is 25.8. The second-order valence-corrected chi connectivity index (χ2v) is 9.23. The van der Waals surface area contributed by atoms with Crippen molar-refractivity contribution in [1.29, 1.82) is 0 Å². The van der Waals surface area contributed by atoms with Gasteiger partial charge in [0, 0.05) is 53.0 Å². The summed E-state index contributed by atoms with van der Waals surface area (Å²) in [6.07, 6.45) is 2.33. The number of nitrogens with zero attached hydrogens (tertiary/aromatic N) is 4. The van der Waals surface area contributed by atoms with E-state index in [2.05, 4.69) is 0 Å². The molecule has 8 nitrogen and oxygen atoms in total. The number of rotatable bonds is 6. The Labute approximate surface area is 298 Å². The normalized spacial score (nSPS) is 11.1. The van der Waals surface area contributed by atoms with E-state index in [0.29, 0.717) is 11.7 Å². The quantitative estimate of drug-likeness (QED) is 0.0662. The van der Waals surface area contributed by atoms with Gasteiger partial charge in [-0.1, -0.05) is 133 Å². The van der Waals surface area contributed by atoms with E-state index in [0.717, 1.165) is 22.7 Å². The van der Waals surface area contributed by atoms with Crippen LogP contribution in [0.25, 0.3) is 10.6 Å². The van der Waals surface area contributed by atoms with Gasteiger partial charge in [-0.25, -0.2) is 0 Å². The van der Waals surface area contributed by atoms with Gasteiger partial charge < -0.3 is 30.8 Å². The summed E-state index contributed by atoms with van der Waals surface area (Å²) in [7, 11) is 0. The van der Waals surface area contributed by atoms with Crippen molar-refractivity contribution >= 4 is 46.0 Å². The van der Waals surface area contributed by atoms with E-state index in [-0.39, 0.29) is 63.9 Å². The van der Waals surface area contributed by atoms with E-state index in [1.807, 2.05) is 121 Å². The minimum absolute atomic E-state index is 0. The van der Waals surface area contributed by atoms with Gasteiger partial charge in [0.2, 0.25) is 0 Å². The van der Waals surface area contributed by atoms with Crippen LogP contribution < -0.4 is 0 Å². The summed E-state index contributed by atoms with van der Waals surface area (Å²) in [5.74, 6) is 0.764. The molecular formula is C36H36N4O4Pd2-2. The minimum Gasteiger partial charge on any atom is -0.512 e. The molecule has 0 aliphatic heterocycles. The van der Waals surface area contributed by atoms with Crippen molar-refractivity contribution in [3.05, 3.63) is 156 Å². The fourth-order valence-electron chi connectivity index (χ4n) is 3.34. The molecule has 0 aliphatic carbocycles. The van der Waals surface area contributed by atoms with Crippen LogP contribution >= 0.6 is 0 Å². The molecule has 0 unspecified atom stereocenters. The molecule has 4 rings (SSSR count).